The van der Waals surface area contributed by atoms with Crippen LogP contribution in [0.2, 0.25) is 0 Å². The van der Waals surface area contributed by atoms with E-state index < -0.39 is 5.60 Å². The first-order valence-corrected chi connectivity index (χ1v) is 5.69. The average Bonchev–Trinajstić information content (AvgIpc) is 2.06. The van der Waals surface area contributed by atoms with Crippen molar-refractivity contribution >= 4 is 0 Å². The van der Waals surface area contributed by atoms with Gasteiger partial charge in [0.25, 0.3) is 0 Å². The predicted molar refractivity (Wildman–Crippen MR) is 59.4 cm³/mol. The van der Waals surface area contributed by atoms with Crippen molar-refractivity contribution in [2.45, 2.75) is 45.3 Å². The van der Waals surface area contributed by atoms with Crippen LogP contribution in [0.5, 0.6) is 0 Å². The zero-order chi connectivity index (χ0) is 10.6. The van der Waals surface area contributed by atoms with E-state index in [0.717, 1.165) is 26.2 Å². The molecule has 0 aromatic carbocycles. The molecule has 0 atom stereocenters. The van der Waals surface area contributed by atoms with Gasteiger partial charge in [-0.05, 0) is 46.3 Å². The second kappa shape index (κ2) is 5.10. The molecular weight excluding hydrogens is 176 g/mol. The largest absolute Gasteiger partial charge is 0.389 e. The van der Waals surface area contributed by atoms with Gasteiger partial charge in [-0.1, -0.05) is 6.92 Å². The van der Waals surface area contributed by atoms with Gasteiger partial charge in [0.1, 0.15) is 0 Å². The van der Waals surface area contributed by atoms with Crippen molar-refractivity contribution in [3.05, 3.63) is 0 Å². The molecule has 1 fully saturated rings. The van der Waals surface area contributed by atoms with Gasteiger partial charge in [-0.25, -0.2) is 0 Å². The highest BCUT2D eigenvalue weighted by molar-refractivity contribution is 4.80. The third kappa shape index (κ3) is 4.40. The van der Waals surface area contributed by atoms with Crippen molar-refractivity contribution in [3.63, 3.8) is 0 Å². The van der Waals surface area contributed by atoms with E-state index >= 15 is 0 Å². The Morgan fingerprint density at radius 1 is 1.36 bits per heavy atom. The second-order valence-corrected chi connectivity index (χ2v) is 4.92. The number of nitrogens with zero attached hydrogens (tertiary/aromatic N) is 1. The lowest BCUT2D eigenvalue weighted by Gasteiger charge is -2.35. The molecule has 0 radical (unpaired) electrons. The van der Waals surface area contributed by atoms with Gasteiger partial charge in [0.2, 0.25) is 0 Å². The Morgan fingerprint density at radius 2 is 1.93 bits per heavy atom. The molecule has 1 rings (SSSR count). The van der Waals surface area contributed by atoms with Crippen LogP contribution in [0, 0.1) is 0 Å². The van der Waals surface area contributed by atoms with Gasteiger partial charge in [-0.15, -0.1) is 0 Å². The maximum absolute atomic E-state index is 9.68. The quantitative estimate of drug-likeness (QED) is 0.705. The summed E-state index contributed by atoms with van der Waals surface area (Å²) < 4.78 is 0. The van der Waals surface area contributed by atoms with E-state index in [9.17, 15) is 5.11 Å². The number of β-amino-alcohol motifs (C(OH)–C–C–N with tert-alkyl or cyclic N) is 1. The lowest BCUT2D eigenvalue weighted by atomic mass is 10.0. The third-order valence-corrected chi connectivity index (χ3v) is 2.69. The van der Waals surface area contributed by atoms with Crippen LogP contribution in [0.3, 0.4) is 0 Å². The highest BCUT2D eigenvalue weighted by Gasteiger charge is 2.23. The first-order valence-electron chi connectivity index (χ1n) is 5.69. The SMILES string of the molecule is CCNC1CCN(CC(C)(C)O)CC1. The predicted octanol–water partition coefficient (Wildman–Crippen LogP) is 0.831. The minimum Gasteiger partial charge on any atom is -0.389 e. The summed E-state index contributed by atoms with van der Waals surface area (Å²) in [5.41, 5.74) is -0.551. The normalized spacial score (nSPS) is 21.4. The number of hydrogen-bond acceptors (Lipinski definition) is 3. The van der Waals surface area contributed by atoms with Gasteiger partial charge < -0.3 is 15.3 Å². The van der Waals surface area contributed by atoms with E-state index in [4.69, 9.17) is 0 Å². The molecule has 0 aliphatic carbocycles. The van der Waals surface area contributed by atoms with Crippen LogP contribution in [0.1, 0.15) is 33.6 Å². The Hall–Kier alpha value is -0.120. The summed E-state index contributed by atoms with van der Waals surface area (Å²) in [5, 5.41) is 13.2. The van der Waals surface area contributed by atoms with Crippen LogP contribution in [0.4, 0.5) is 0 Å². The summed E-state index contributed by atoms with van der Waals surface area (Å²) in [4.78, 5) is 2.36. The molecule has 0 unspecified atom stereocenters. The topological polar surface area (TPSA) is 35.5 Å². The maximum atomic E-state index is 9.68. The molecule has 0 saturated carbocycles. The molecule has 0 spiro atoms. The Bertz CT molecular complexity index is 157. The van der Waals surface area contributed by atoms with E-state index in [2.05, 4.69) is 17.1 Å². The van der Waals surface area contributed by atoms with Gasteiger partial charge in [0, 0.05) is 12.6 Å². The smallest absolute Gasteiger partial charge is 0.0718 e. The number of piperidine rings is 1. The van der Waals surface area contributed by atoms with Crippen LogP contribution in [-0.4, -0.2) is 47.8 Å². The highest BCUT2D eigenvalue weighted by Crippen LogP contribution is 2.13. The molecule has 0 aromatic rings. The fourth-order valence-corrected chi connectivity index (χ4v) is 2.13. The lowest BCUT2D eigenvalue weighted by molar-refractivity contribution is 0.0270. The Morgan fingerprint density at radius 3 is 2.36 bits per heavy atom. The van der Waals surface area contributed by atoms with Crippen molar-refractivity contribution in [1.29, 1.82) is 0 Å². The molecular formula is C11H24N2O. The number of likely N-dealkylation sites (tertiary alicyclic amines) is 1. The lowest BCUT2D eigenvalue weighted by Crippen LogP contribution is -2.47. The first-order chi connectivity index (χ1) is 6.51. The fraction of sp³-hybridized carbons (Fsp3) is 1.00. The molecule has 84 valence electrons. The average molecular weight is 200 g/mol. The van der Waals surface area contributed by atoms with E-state index in [-0.39, 0.29) is 0 Å². The van der Waals surface area contributed by atoms with E-state index in [0.29, 0.717) is 6.04 Å². The van der Waals surface area contributed by atoms with Gasteiger partial charge in [0.05, 0.1) is 5.60 Å². The van der Waals surface area contributed by atoms with Crippen LogP contribution in [0.25, 0.3) is 0 Å². The summed E-state index contributed by atoms with van der Waals surface area (Å²) in [6.07, 6.45) is 2.42. The van der Waals surface area contributed by atoms with Crippen molar-refractivity contribution in [1.82, 2.24) is 10.2 Å². The summed E-state index contributed by atoms with van der Waals surface area (Å²) in [6, 6.07) is 0.693. The molecule has 0 bridgehead atoms. The zero-order valence-electron chi connectivity index (χ0n) is 9.71. The zero-order valence-corrected chi connectivity index (χ0v) is 9.71. The van der Waals surface area contributed by atoms with Gasteiger partial charge in [-0.3, -0.25) is 0 Å². The molecule has 1 saturated heterocycles. The standard InChI is InChI=1S/C11H24N2O/c1-4-12-10-5-7-13(8-6-10)9-11(2,3)14/h10,12,14H,4-9H2,1-3H3. The highest BCUT2D eigenvalue weighted by atomic mass is 16.3. The van der Waals surface area contributed by atoms with Crippen LogP contribution in [-0.2, 0) is 0 Å². The van der Waals surface area contributed by atoms with Crippen LogP contribution >= 0.6 is 0 Å². The molecule has 1 heterocycles. The van der Waals surface area contributed by atoms with Gasteiger partial charge in [0.15, 0.2) is 0 Å². The van der Waals surface area contributed by atoms with Crippen molar-refractivity contribution in [2.75, 3.05) is 26.2 Å². The van der Waals surface area contributed by atoms with Crippen LogP contribution in [0.15, 0.2) is 0 Å². The van der Waals surface area contributed by atoms with Crippen molar-refractivity contribution in [2.24, 2.45) is 0 Å². The first kappa shape index (κ1) is 12.0. The second-order valence-electron chi connectivity index (χ2n) is 4.92. The van der Waals surface area contributed by atoms with Gasteiger partial charge >= 0.3 is 0 Å². The van der Waals surface area contributed by atoms with Crippen molar-refractivity contribution in [3.8, 4) is 0 Å². The number of rotatable bonds is 4. The molecule has 14 heavy (non-hydrogen) atoms. The number of hydrogen-bond donors (Lipinski definition) is 2. The third-order valence-electron chi connectivity index (χ3n) is 2.69. The molecule has 3 heteroatoms. The fourth-order valence-electron chi connectivity index (χ4n) is 2.13. The Kier molecular flexibility index (Phi) is 4.35. The van der Waals surface area contributed by atoms with E-state index in [1.807, 2.05) is 13.8 Å². The molecule has 1 aliphatic heterocycles. The molecule has 0 amide bonds. The van der Waals surface area contributed by atoms with Crippen molar-refractivity contribution < 1.29 is 5.11 Å². The number of aliphatic hydroxyl groups is 1. The molecule has 2 N–H and O–H groups in total. The summed E-state index contributed by atoms with van der Waals surface area (Å²) in [7, 11) is 0. The van der Waals surface area contributed by atoms with Gasteiger partial charge in [-0.2, -0.15) is 0 Å². The maximum Gasteiger partial charge on any atom is 0.0718 e. The number of nitrogens with one attached hydrogen (secondary N) is 1. The minimum atomic E-state index is -0.551. The summed E-state index contributed by atoms with van der Waals surface area (Å²) in [5.74, 6) is 0. The van der Waals surface area contributed by atoms with E-state index in [1.54, 1.807) is 0 Å². The van der Waals surface area contributed by atoms with Crippen LogP contribution < -0.4 is 5.32 Å². The summed E-state index contributed by atoms with van der Waals surface area (Å²) >= 11 is 0. The van der Waals surface area contributed by atoms with E-state index in [1.165, 1.54) is 12.8 Å². The summed E-state index contributed by atoms with van der Waals surface area (Å²) in [6.45, 7) is 10.0. The monoisotopic (exact) mass is 200 g/mol. The Labute approximate surface area is 87.5 Å². The minimum absolute atomic E-state index is 0.551. The molecule has 0 aromatic heterocycles. The Balaban J connectivity index is 2.22. The molecule has 1 aliphatic rings. The molecule has 3 nitrogen and oxygen atoms in total.